The minimum atomic E-state index is 0.539. The van der Waals surface area contributed by atoms with Crippen LogP contribution in [0.15, 0.2) is 0 Å². The van der Waals surface area contributed by atoms with Crippen LogP contribution in [0.1, 0.15) is 43.6 Å². The molecule has 2 heterocycles. The van der Waals surface area contributed by atoms with Crippen LogP contribution in [0.4, 0.5) is 0 Å². The molecule has 1 aromatic heterocycles. The molecule has 0 N–H and O–H groups in total. The number of nitrogens with zero attached hydrogens (tertiary/aromatic N) is 3. The second-order valence-corrected chi connectivity index (χ2v) is 5.64. The van der Waals surface area contributed by atoms with Crippen LogP contribution in [0.25, 0.3) is 0 Å². The minimum absolute atomic E-state index is 0.539. The van der Waals surface area contributed by atoms with Crippen LogP contribution in [-0.4, -0.2) is 47.5 Å². The average Bonchev–Trinajstić information content (AvgIpc) is 2.74. The van der Waals surface area contributed by atoms with Crippen molar-refractivity contribution >= 4 is 0 Å². The van der Waals surface area contributed by atoms with Crippen LogP contribution >= 0.6 is 0 Å². The SMILES string of the molecule is CCc1nn(CCN2CCOCC2)c(C(C)C)c1C. The van der Waals surface area contributed by atoms with Crippen molar-refractivity contribution in [3.05, 3.63) is 17.0 Å². The van der Waals surface area contributed by atoms with Gasteiger partial charge in [0.15, 0.2) is 0 Å². The Balaban J connectivity index is 2.06. The molecule has 0 aromatic carbocycles. The number of hydrogen-bond donors (Lipinski definition) is 0. The molecule has 1 aliphatic rings. The van der Waals surface area contributed by atoms with Gasteiger partial charge in [0, 0.05) is 25.3 Å². The molecular formula is C15H27N3O. The quantitative estimate of drug-likeness (QED) is 0.817. The van der Waals surface area contributed by atoms with Crippen molar-refractivity contribution < 1.29 is 4.74 Å². The Labute approximate surface area is 116 Å². The van der Waals surface area contributed by atoms with Crippen LogP contribution < -0.4 is 0 Å². The minimum Gasteiger partial charge on any atom is -0.379 e. The lowest BCUT2D eigenvalue weighted by molar-refractivity contribution is 0.0358. The lowest BCUT2D eigenvalue weighted by atomic mass is 10.0. The first kappa shape index (κ1) is 14.5. The molecular weight excluding hydrogens is 238 g/mol. The van der Waals surface area contributed by atoms with Gasteiger partial charge in [-0.1, -0.05) is 20.8 Å². The number of morpholine rings is 1. The number of ether oxygens (including phenoxy) is 1. The lowest BCUT2D eigenvalue weighted by Crippen LogP contribution is -2.38. The first-order valence-corrected chi connectivity index (χ1v) is 7.49. The van der Waals surface area contributed by atoms with E-state index in [1.807, 2.05) is 0 Å². The molecule has 1 aliphatic heterocycles. The number of aryl methyl sites for hydroxylation is 1. The molecule has 1 aromatic rings. The molecule has 0 saturated carbocycles. The molecule has 19 heavy (non-hydrogen) atoms. The first-order valence-electron chi connectivity index (χ1n) is 7.49. The van der Waals surface area contributed by atoms with Crippen molar-refractivity contribution in [3.63, 3.8) is 0 Å². The summed E-state index contributed by atoms with van der Waals surface area (Å²) in [4.78, 5) is 2.47. The Bertz CT molecular complexity index is 406. The van der Waals surface area contributed by atoms with Gasteiger partial charge in [0.05, 0.1) is 25.5 Å². The highest BCUT2D eigenvalue weighted by atomic mass is 16.5. The Hall–Kier alpha value is -0.870. The van der Waals surface area contributed by atoms with E-state index in [9.17, 15) is 0 Å². The molecule has 1 fully saturated rings. The topological polar surface area (TPSA) is 30.3 Å². The van der Waals surface area contributed by atoms with E-state index in [2.05, 4.69) is 37.3 Å². The average molecular weight is 265 g/mol. The molecule has 2 rings (SSSR count). The summed E-state index contributed by atoms with van der Waals surface area (Å²) >= 11 is 0. The maximum absolute atomic E-state index is 5.39. The van der Waals surface area contributed by atoms with E-state index in [1.165, 1.54) is 17.0 Å². The second-order valence-electron chi connectivity index (χ2n) is 5.64. The molecule has 0 amide bonds. The zero-order valence-electron chi connectivity index (χ0n) is 12.8. The van der Waals surface area contributed by atoms with Gasteiger partial charge in [-0.15, -0.1) is 0 Å². The van der Waals surface area contributed by atoms with Crippen molar-refractivity contribution in [2.24, 2.45) is 0 Å². The van der Waals surface area contributed by atoms with Crippen molar-refractivity contribution in [1.29, 1.82) is 0 Å². The molecule has 4 heteroatoms. The predicted molar refractivity (Wildman–Crippen MR) is 77.7 cm³/mol. The van der Waals surface area contributed by atoms with Crippen molar-refractivity contribution in [2.45, 2.75) is 46.6 Å². The van der Waals surface area contributed by atoms with Gasteiger partial charge in [-0.2, -0.15) is 5.10 Å². The molecule has 0 spiro atoms. The largest absolute Gasteiger partial charge is 0.379 e. The fourth-order valence-electron chi connectivity index (χ4n) is 2.91. The second kappa shape index (κ2) is 6.53. The van der Waals surface area contributed by atoms with Gasteiger partial charge in [-0.25, -0.2) is 0 Å². The van der Waals surface area contributed by atoms with Gasteiger partial charge in [-0.3, -0.25) is 9.58 Å². The van der Waals surface area contributed by atoms with Crippen LogP contribution in [0.2, 0.25) is 0 Å². The van der Waals surface area contributed by atoms with Gasteiger partial charge in [-0.05, 0) is 24.8 Å². The van der Waals surface area contributed by atoms with E-state index in [-0.39, 0.29) is 0 Å². The Kier molecular flexibility index (Phi) is 4.99. The molecule has 108 valence electrons. The van der Waals surface area contributed by atoms with Crippen LogP contribution in [0.5, 0.6) is 0 Å². The van der Waals surface area contributed by atoms with Gasteiger partial charge < -0.3 is 4.74 Å². The third-order valence-corrected chi connectivity index (χ3v) is 3.95. The number of aromatic nitrogens is 2. The van der Waals surface area contributed by atoms with E-state index in [0.29, 0.717) is 5.92 Å². The summed E-state index contributed by atoms with van der Waals surface area (Å²) in [6.07, 6.45) is 1.02. The fourth-order valence-corrected chi connectivity index (χ4v) is 2.91. The van der Waals surface area contributed by atoms with E-state index in [1.54, 1.807) is 0 Å². The summed E-state index contributed by atoms with van der Waals surface area (Å²) in [5.74, 6) is 0.539. The monoisotopic (exact) mass is 265 g/mol. The normalized spacial score (nSPS) is 17.3. The highest BCUT2D eigenvalue weighted by Gasteiger charge is 2.17. The molecule has 1 saturated heterocycles. The van der Waals surface area contributed by atoms with Crippen LogP contribution in [-0.2, 0) is 17.7 Å². The third-order valence-electron chi connectivity index (χ3n) is 3.95. The third kappa shape index (κ3) is 3.37. The van der Waals surface area contributed by atoms with Crippen molar-refractivity contribution in [1.82, 2.24) is 14.7 Å². The lowest BCUT2D eigenvalue weighted by Gasteiger charge is -2.26. The molecule has 0 bridgehead atoms. The zero-order valence-corrected chi connectivity index (χ0v) is 12.8. The molecule has 0 radical (unpaired) electrons. The van der Waals surface area contributed by atoms with Gasteiger partial charge in [0.2, 0.25) is 0 Å². The molecule has 0 unspecified atom stereocenters. The molecule has 0 aliphatic carbocycles. The summed E-state index contributed by atoms with van der Waals surface area (Å²) in [5.41, 5.74) is 4.05. The number of hydrogen-bond acceptors (Lipinski definition) is 3. The molecule has 4 nitrogen and oxygen atoms in total. The van der Waals surface area contributed by atoms with E-state index in [0.717, 1.165) is 45.8 Å². The first-order chi connectivity index (χ1) is 9.13. The Morgan fingerprint density at radius 3 is 2.47 bits per heavy atom. The number of rotatable bonds is 5. The highest BCUT2D eigenvalue weighted by Crippen LogP contribution is 2.22. The van der Waals surface area contributed by atoms with Crippen LogP contribution in [0.3, 0.4) is 0 Å². The van der Waals surface area contributed by atoms with Gasteiger partial charge >= 0.3 is 0 Å². The summed E-state index contributed by atoms with van der Waals surface area (Å²) in [6.45, 7) is 14.8. The maximum Gasteiger partial charge on any atom is 0.0654 e. The van der Waals surface area contributed by atoms with Gasteiger partial charge in [0.1, 0.15) is 0 Å². The predicted octanol–water partition coefficient (Wildman–Crippen LogP) is 2.21. The summed E-state index contributed by atoms with van der Waals surface area (Å²) in [7, 11) is 0. The highest BCUT2D eigenvalue weighted by molar-refractivity contribution is 5.27. The summed E-state index contributed by atoms with van der Waals surface area (Å²) in [6, 6.07) is 0. The van der Waals surface area contributed by atoms with Crippen molar-refractivity contribution in [2.75, 3.05) is 32.8 Å². The van der Waals surface area contributed by atoms with Crippen molar-refractivity contribution in [3.8, 4) is 0 Å². The van der Waals surface area contributed by atoms with E-state index in [4.69, 9.17) is 9.84 Å². The van der Waals surface area contributed by atoms with E-state index >= 15 is 0 Å². The summed E-state index contributed by atoms with van der Waals surface area (Å²) < 4.78 is 7.62. The van der Waals surface area contributed by atoms with Gasteiger partial charge in [0.25, 0.3) is 0 Å². The Morgan fingerprint density at radius 1 is 1.21 bits per heavy atom. The maximum atomic E-state index is 5.39. The zero-order chi connectivity index (χ0) is 13.8. The standard InChI is InChI=1S/C15H27N3O/c1-5-14-13(4)15(12(2)3)18(16-14)7-6-17-8-10-19-11-9-17/h12H,5-11H2,1-4H3. The van der Waals surface area contributed by atoms with Crippen LogP contribution in [0, 0.1) is 6.92 Å². The van der Waals surface area contributed by atoms with E-state index < -0.39 is 0 Å². The fraction of sp³-hybridized carbons (Fsp3) is 0.800. The molecule has 0 atom stereocenters. The summed E-state index contributed by atoms with van der Waals surface area (Å²) in [5, 5.41) is 4.79. The smallest absolute Gasteiger partial charge is 0.0654 e. The Morgan fingerprint density at radius 2 is 1.89 bits per heavy atom.